The number of carboxylic acids is 1. The molecular formula is C15H16FNO4S. The number of aryl methyl sites for hydroxylation is 1. The van der Waals surface area contributed by atoms with Crippen molar-refractivity contribution in [2.75, 3.05) is 13.7 Å². The fraction of sp³-hybridized carbons (Fsp3) is 0.333. The highest BCUT2D eigenvalue weighted by Crippen LogP contribution is 2.31. The molecule has 1 amide bonds. The van der Waals surface area contributed by atoms with E-state index in [9.17, 15) is 14.0 Å². The first-order chi connectivity index (χ1) is 10.4. The zero-order chi connectivity index (χ0) is 16.3. The number of carboxylic acid groups (broad SMARTS) is 1. The van der Waals surface area contributed by atoms with Crippen LogP contribution in [0.3, 0.4) is 0 Å². The summed E-state index contributed by atoms with van der Waals surface area (Å²) in [7, 11) is 1.46. The van der Waals surface area contributed by atoms with Crippen molar-refractivity contribution in [1.82, 2.24) is 5.32 Å². The fourth-order valence-corrected chi connectivity index (χ4v) is 3.27. The summed E-state index contributed by atoms with van der Waals surface area (Å²) in [6.07, 6.45) is 0.177. The standard InChI is InChI=1S/C15H16FNO4S/c1-8-10-4-3-9(16)7-12(10)22-13(8)14(18)17-11(15(19)20)5-6-21-2/h3-4,7,11H,5-6H2,1-2H3,(H,17,18)(H,19,20). The van der Waals surface area contributed by atoms with Gasteiger partial charge in [0.2, 0.25) is 0 Å². The van der Waals surface area contributed by atoms with Crippen LogP contribution < -0.4 is 5.32 Å². The molecule has 0 saturated heterocycles. The highest BCUT2D eigenvalue weighted by molar-refractivity contribution is 7.21. The molecule has 0 aliphatic carbocycles. The molecule has 1 heterocycles. The number of halogens is 1. The highest BCUT2D eigenvalue weighted by atomic mass is 32.1. The predicted molar refractivity (Wildman–Crippen MR) is 81.9 cm³/mol. The van der Waals surface area contributed by atoms with Crippen LogP contribution >= 0.6 is 11.3 Å². The van der Waals surface area contributed by atoms with E-state index in [1.165, 1.54) is 19.2 Å². The van der Waals surface area contributed by atoms with Crippen LogP contribution in [-0.2, 0) is 9.53 Å². The number of methoxy groups -OCH3 is 1. The Morgan fingerprint density at radius 2 is 2.18 bits per heavy atom. The van der Waals surface area contributed by atoms with Crippen LogP contribution in [0.5, 0.6) is 0 Å². The van der Waals surface area contributed by atoms with Crippen LogP contribution in [0.25, 0.3) is 10.1 Å². The molecule has 1 atom stereocenters. The minimum atomic E-state index is -1.12. The number of benzene rings is 1. The molecule has 2 rings (SSSR count). The Labute approximate surface area is 130 Å². The second kappa shape index (κ2) is 6.85. The van der Waals surface area contributed by atoms with Gasteiger partial charge in [0.15, 0.2) is 0 Å². The topological polar surface area (TPSA) is 75.6 Å². The van der Waals surface area contributed by atoms with Crippen molar-refractivity contribution in [3.05, 3.63) is 34.5 Å². The number of hydrogen-bond acceptors (Lipinski definition) is 4. The summed E-state index contributed by atoms with van der Waals surface area (Å²) in [6, 6.07) is 3.30. The molecule has 0 fully saturated rings. The summed E-state index contributed by atoms with van der Waals surface area (Å²) in [5, 5.41) is 12.4. The summed E-state index contributed by atoms with van der Waals surface area (Å²) in [6.45, 7) is 1.99. The summed E-state index contributed by atoms with van der Waals surface area (Å²) in [5.74, 6) is -1.96. The van der Waals surface area contributed by atoms with Gasteiger partial charge in [0, 0.05) is 24.8 Å². The van der Waals surface area contributed by atoms with Gasteiger partial charge in [-0.15, -0.1) is 11.3 Å². The molecule has 0 aliphatic heterocycles. The number of ether oxygens (including phenoxy) is 1. The van der Waals surface area contributed by atoms with Gasteiger partial charge in [0.05, 0.1) is 4.88 Å². The van der Waals surface area contributed by atoms with Crippen LogP contribution in [0.15, 0.2) is 18.2 Å². The second-order valence-corrected chi connectivity index (χ2v) is 5.89. The number of thiophene rings is 1. The van der Waals surface area contributed by atoms with E-state index >= 15 is 0 Å². The normalized spacial score (nSPS) is 12.3. The Morgan fingerprint density at radius 3 is 2.82 bits per heavy atom. The van der Waals surface area contributed by atoms with Gasteiger partial charge in [-0.2, -0.15) is 0 Å². The molecule has 2 N–H and O–H groups in total. The molecule has 1 unspecified atom stereocenters. The van der Waals surface area contributed by atoms with Gasteiger partial charge in [-0.05, 0) is 30.0 Å². The van der Waals surface area contributed by atoms with E-state index in [4.69, 9.17) is 9.84 Å². The van der Waals surface area contributed by atoms with Gasteiger partial charge in [0.1, 0.15) is 11.9 Å². The highest BCUT2D eigenvalue weighted by Gasteiger charge is 2.23. The van der Waals surface area contributed by atoms with Crippen LogP contribution in [0.1, 0.15) is 21.7 Å². The molecule has 0 bridgehead atoms. The van der Waals surface area contributed by atoms with E-state index < -0.39 is 17.9 Å². The number of hydrogen-bond donors (Lipinski definition) is 2. The minimum Gasteiger partial charge on any atom is -0.480 e. The predicted octanol–water partition coefficient (Wildman–Crippen LogP) is 2.57. The van der Waals surface area contributed by atoms with Crippen LogP contribution in [0, 0.1) is 12.7 Å². The van der Waals surface area contributed by atoms with Crippen molar-refractivity contribution < 1.29 is 23.8 Å². The summed E-state index contributed by atoms with van der Waals surface area (Å²) in [5.41, 5.74) is 0.716. The van der Waals surface area contributed by atoms with Crippen molar-refractivity contribution in [1.29, 1.82) is 0 Å². The van der Waals surface area contributed by atoms with Crippen LogP contribution in [-0.4, -0.2) is 36.7 Å². The van der Waals surface area contributed by atoms with Gasteiger partial charge in [-0.1, -0.05) is 6.07 Å². The number of nitrogens with one attached hydrogen (secondary N) is 1. The second-order valence-electron chi connectivity index (χ2n) is 4.84. The smallest absolute Gasteiger partial charge is 0.326 e. The van der Waals surface area contributed by atoms with Crippen LogP contribution in [0.4, 0.5) is 4.39 Å². The number of fused-ring (bicyclic) bond motifs is 1. The molecule has 118 valence electrons. The number of carbonyl (C=O) groups is 2. The minimum absolute atomic E-state index is 0.177. The Balaban J connectivity index is 2.25. The van der Waals surface area contributed by atoms with E-state index in [0.29, 0.717) is 15.1 Å². The van der Waals surface area contributed by atoms with Gasteiger partial charge < -0.3 is 15.2 Å². The number of carbonyl (C=O) groups excluding carboxylic acids is 1. The summed E-state index contributed by atoms with van der Waals surface area (Å²) >= 11 is 1.15. The average Bonchev–Trinajstić information content (AvgIpc) is 2.79. The lowest BCUT2D eigenvalue weighted by molar-refractivity contribution is -0.139. The third-order valence-electron chi connectivity index (χ3n) is 3.32. The van der Waals surface area contributed by atoms with Crippen molar-refractivity contribution >= 4 is 33.3 Å². The Hall–Kier alpha value is -1.99. The zero-order valence-electron chi connectivity index (χ0n) is 12.2. The number of rotatable bonds is 6. The molecule has 7 heteroatoms. The third kappa shape index (κ3) is 3.42. The van der Waals surface area contributed by atoms with Crippen molar-refractivity contribution in [2.24, 2.45) is 0 Å². The first kappa shape index (κ1) is 16.4. The van der Waals surface area contributed by atoms with E-state index in [0.717, 1.165) is 16.7 Å². The molecule has 1 aromatic carbocycles. The van der Waals surface area contributed by atoms with Gasteiger partial charge in [0.25, 0.3) is 5.91 Å². The first-order valence-electron chi connectivity index (χ1n) is 6.65. The van der Waals surface area contributed by atoms with Gasteiger partial charge >= 0.3 is 5.97 Å². The van der Waals surface area contributed by atoms with Crippen molar-refractivity contribution in [3.63, 3.8) is 0 Å². The SMILES string of the molecule is COCCC(NC(=O)c1sc2cc(F)ccc2c1C)C(=O)O. The number of aliphatic carboxylic acids is 1. The molecule has 5 nitrogen and oxygen atoms in total. The molecular weight excluding hydrogens is 309 g/mol. The van der Waals surface area contributed by atoms with Crippen molar-refractivity contribution in [3.8, 4) is 0 Å². The maximum Gasteiger partial charge on any atom is 0.326 e. The van der Waals surface area contributed by atoms with E-state index in [-0.39, 0.29) is 18.8 Å². The Morgan fingerprint density at radius 1 is 1.45 bits per heavy atom. The maximum absolute atomic E-state index is 13.2. The van der Waals surface area contributed by atoms with E-state index in [1.807, 2.05) is 0 Å². The largest absolute Gasteiger partial charge is 0.480 e. The lowest BCUT2D eigenvalue weighted by Gasteiger charge is -2.13. The maximum atomic E-state index is 13.2. The molecule has 0 saturated carbocycles. The Kier molecular flexibility index (Phi) is 5.10. The van der Waals surface area contributed by atoms with Gasteiger partial charge in [-0.25, -0.2) is 9.18 Å². The molecule has 0 spiro atoms. The Bertz CT molecular complexity index is 713. The molecule has 0 aliphatic rings. The molecule has 22 heavy (non-hydrogen) atoms. The van der Waals surface area contributed by atoms with Crippen molar-refractivity contribution in [2.45, 2.75) is 19.4 Å². The molecule has 1 aromatic heterocycles. The fourth-order valence-electron chi connectivity index (χ4n) is 2.13. The average molecular weight is 325 g/mol. The van der Waals surface area contributed by atoms with E-state index in [2.05, 4.69) is 5.32 Å². The number of amides is 1. The quantitative estimate of drug-likeness (QED) is 0.856. The third-order valence-corrected chi connectivity index (χ3v) is 4.57. The first-order valence-corrected chi connectivity index (χ1v) is 7.47. The lowest BCUT2D eigenvalue weighted by atomic mass is 10.1. The van der Waals surface area contributed by atoms with E-state index in [1.54, 1.807) is 13.0 Å². The summed E-state index contributed by atoms with van der Waals surface area (Å²) in [4.78, 5) is 23.8. The zero-order valence-corrected chi connectivity index (χ0v) is 13.0. The molecule has 2 aromatic rings. The lowest BCUT2D eigenvalue weighted by Crippen LogP contribution is -2.41. The van der Waals surface area contributed by atoms with Crippen LogP contribution in [0.2, 0.25) is 0 Å². The summed E-state index contributed by atoms with van der Waals surface area (Å²) < 4.78 is 18.7. The molecule has 0 radical (unpaired) electrons. The van der Waals surface area contributed by atoms with Gasteiger partial charge in [-0.3, -0.25) is 4.79 Å². The monoisotopic (exact) mass is 325 g/mol.